The minimum atomic E-state index is -0.553. The summed E-state index contributed by atoms with van der Waals surface area (Å²) in [5.74, 6) is -0.747. The number of fused-ring (bicyclic) bond motifs is 1. The Morgan fingerprint density at radius 2 is 1.80 bits per heavy atom. The Morgan fingerprint density at radius 1 is 1.10 bits per heavy atom. The van der Waals surface area contributed by atoms with Crippen molar-refractivity contribution in [1.82, 2.24) is 4.98 Å². The van der Waals surface area contributed by atoms with Crippen molar-refractivity contribution in [2.45, 2.75) is 0 Å². The molecule has 2 aromatic carbocycles. The predicted octanol–water partition coefficient (Wildman–Crippen LogP) is 2.22. The van der Waals surface area contributed by atoms with Gasteiger partial charge in [0.15, 0.2) is 11.4 Å². The summed E-state index contributed by atoms with van der Waals surface area (Å²) in [4.78, 5) is 25.9. The molecule has 20 heavy (non-hydrogen) atoms. The van der Waals surface area contributed by atoms with Crippen molar-refractivity contribution in [3.05, 3.63) is 69.7 Å². The summed E-state index contributed by atoms with van der Waals surface area (Å²) in [7, 11) is 0. The quantitative estimate of drug-likeness (QED) is 0.719. The number of carbonyl (C=O) groups is 1. The number of aromatic nitrogens is 1. The first-order valence-electron chi connectivity index (χ1n) is 5.85. The van der Waals surface area contributed by atoms with Crippen molar-refractivity contribution < 1.29 is 9.21 Å². The van der Waals surface area contributed by atoms with E-state index >= 15 is 0 Å². The maximum atomic E-state index is 12.3. The topological polar surface area (TPSA) is 86.9 Å². The van der Waals surface area contributed by atoms with Gasteiger partial charge in [-0.2, -0.15) is 5.26 Å². The minimum Gasteiger partial charge on any atom is -0.408 e. The summed E-state index contributed by atoms with van der Waals surface area (Å²) >= 11 is 0. The molecule has 1 heterocycles. The van der Waals surface area contributed by atoms with Crippen molar-refractivity contribution in [3.63, 3.8) is 0 Å². The predicted molar refractivity (Wildman–Crippen MR) is 71.4 cm³/mol. The molecule has 0 aliphatic rings. The highest BCUT2D eigenvalue weighted by Gasteiger charge is 2.11. The van der Waals surface area contributed by atoms with E-state index in [1.165, 1.54) is 6.07 Å². The Balaban J connectivity index is 2.02. The molecule has 0 radical (unpaired) electrons. The van der Waals surface area contributed by atoms with Crippen LogP contribution < -0.4 is 5.76 Å². The standard InChI is InChI=1S/C15H8N2O3/c16-8-9-1-3-10(4-2-9)14(18)11-5-6-12-13(7-11)20-15(19)17-12/h1-7H,(H,17,19). The van der Waals surface area contributed by atoms with Crippen molar-refractivity contribution >= 4 is 16.9 Å². The van der Waals surface area contributed by atoms with Crippen LogP contribution in [0, 0.1) is 11.3 Å². The normalized spacial score (nSPS) is 10.3. The summed E-state index contributed by atoms with van der Waals surface area (Å²) in [5, 5.41) is 8.72. The van der Waals surface area contributed by atoms with Crippen molar-refractivity contribution in [1.29, 1.82) is 5.26 Å². The zero-order valence-corrected chi connectivity index (χ0v) is 10.2. The lowest BCUT2D eigenvalue weighted by Gasteiger charge is -2.01. The van der Waals surface area contributed by atoms with E-state index in [0.29, 0.717) is 27.8 Å². The molecule has 0 fully saturated rings. The molecule has 0 spiro atoms. The third-order valence-corrected chi connectivity index (χ3v) is 2.96. The number of ketones is 1. The van der Waals surface area contributed by atoms with Gasteiger partial charge in [0.25, 0.3) is 0 Å². The fraction of sp³-hybridized carbons (Fsp3) is 0. The van der Waals surface area contributed by atoms with Crippen LogP contribution in [0.4, 0.5) is 0 Å². The molecule has 0 aliphatic carbocycles. The van der Waals surface area contributed by atoms with Gasteiger partial charge in [-0.3, -0.25) is 9.78 Å². The van der Waals surface area contributed by atoms with Crippen LogP contribution in [0.1, 0.15) is 21.5 Å². The molecule has 0 bridgehead atoms. The zero-order valence-electron chi connectivity index (χ0n) is 10.2. The smallest absolute Gasteiger partial charge is 0.408 e. The number of aromatic amines is 1. The largest absolute Gasteiger partial charge is 0.417 e. The van der Waals surface area contributed by atoms with E-state index in [4.69, 9.17) is 9.68 Å². The second-order valence-corrected chi connectivity index (χ2v) is 4.24. The molecule has 3 aromatic rings. The highest BCUT2D eigenvalue weighted by atomic mass is 16.4. The average molecular weight is 264 g/mol. The summed E-state index contributed by atoms with van der Waals surface area (Å²) in [6.07, 6.45) is 0. The highest BCUT2D eigenvalue weighted by Crippen LogP contribution is 2.16. The Hall–Kier alpha value is -3.13. The second-order valence-electron chi connectivity index (χ2n) is 4.24. The van der Waals surface area contributed by atoms with Gasteiger partial charge in [-0.15, -0.1) is 0 Å². The van der Waals surface area contributed by atoms with Gasteiger partial charge in [-0.1, -0.05) is 0 Å². The second kappa shape index (κ2) is 4.52. The summed E-state index contributed by atoms with van der Waals surface area (Å²) < 4.78 is 4.92. The van der Waals surface area contributed by atoms with E-state index < -0.39 is 5.76 Å². The molecule has 0 aliphatic heterocycles. The summed E-state index contributed by atoms with van der Waals surface area (Å²) in [6.45, 7) is 0. The van der Waals surface area contributed by atoms with Crippen molar-refractivity contribution in [3.8, 4) is 6.07 Å². The van der Waals surface area contributed by atoms with E-state index in [2.05, 4.69) is 4.98 Å². The average Bonchev–Trinajstić information content (AvgIpc) is 2.85. The molecule has 5 heteroatoms. The Morgan fingerprint density at radius 3 is 2.50 bits per heavy atom. The molecule has 0 amide bonds. The zero-order chi connectivity index (χ0) is 14.1. The maximum Gasteiger partial charge on any atom is 0.417 e. The van der Waals surface area contributed by atoms with Crippen LogP contribution in [0.2, 0.25) is 0 Å². The fourth-order valence-corrected chi connectivity index (χ4v) is 1.95. The Bertz CT molecular complexity index is 895. The van der Waals surface area contributed by atoms with E-state index in [1.807, 2.05) is 6.07 Å². The number of carbonyl (C=O) groups excluding carboxylic acids is 1. The monoisotopic (exact) mass is 264 g/mol. The van der Waals surface area contributed by atoms with Crippen molar-refractivity contribution in [2.75, 3.05) is 0 Å². The van der Waals surface area contributed by atoms with E-state index in [1.54, 1.807) is 36.4 Å². The first-order chi connectivity index (χ1) is 9.67. The number of benzene rings is 2. The number of H-pyrrole nitrogens is 1. The molecule has 0 atom stereocenters. The third kappa shape index (κ3) is 1.99. The van der Waals surface area contributed by atoms with Crippen LogP contribution in [0.5, 0.6) is 0 Å². The molecule has 5 nitrogen and oxygen atoms in total. The van der Waals surface area contributed by atoms with Gasteiger partial charge in [0, 0.05) is 11.1 Å². The van der Waals surface area contributed by atoms with Gasteiger partial charge in [-0.25, -0.2) is 4.79 Å². The number of nitrogens with one attached hydrogen (secondary N) is 1. The SMILES string of the molecule is N#Cc1ccc(C(=O)c2ccc3[nH]c(=O)oc3c2)cc1. The first-order valence-corrected chi connectivity index (χ1v) is 5.85. The van der Waals surface area contributed by atoms with Crippen LogP contribution in [-0.2, 0) is 0 Å². The van der Waals surface area contributed by atoms with Gasteiger partial charge >= 0.3 is 5.76 Å². The maximum absolute atomic E-state index is 12.3. The highest BCUT2D eigenvalue weighted by molar-refractivity contribution is 6.10. The third-order valence-electron chi connectivity index (χ3n) is 2.96. The molecule has 0 saturated heterocycles. The molecule has 1 aromatic heterocycles. The number of nitriles is 1. The van der Waals surface area contributed by atoms with Gasteiger partial charge < -0.3 is 4.42 Å². The first kappa shape index (κ1) is 11.9. The van der Waals surface area contributed by atoms with Crippen molar-refractivity contribution in [2.24, 2.45) is 0 Å². The van der Waals surface area contributed by atoms with E-state index in [-0.39, 0.29) is 5.78 Å². The van der Waals surface area contributed by atoms with Crippen LogP contribution in [-0.4, -0.2) is 10.8 Å². The number of hydrogen-bond donors (Lipinski definition) is 1. The van der Waals surface area contributed by atoms with Gasteiger partial charge in [0.2, 0.25) is 0 Å². The number of hydrogen-bond acceptors (Lipinski definition) is 4. The Kier molecular flexibility index (Phi) is 2.70. The lowest BCUT2D eigenvalue weighted by Crippen LogP contribution is -2.00. The van der Waals surface area contributed by atoms with Gasteiger partial charge in [0.05, 0.1) is 17.1 Å². The van der Waals surface area contributed by atoms with Crippen LogP contribution in [0.15, 0.2) is 51.7 Å². The summed E-state index contributed by atoms with van der Waals surface area (Å²) in [5.41, 5.74) is 2.28. The van der Waals surface area contributed by atoms with E-state index in [9.17, 15) is 9.59 Å². The lowest BCUT2D eigenvalue weighted by atomic mass is 10.0. The van der Waals surface area contributed by atoms with Crippen LogP contribution in [0.25, 0.3) is 11.1 Å². The molecular weight excluding hydrogens is 256 g/mol. The van der Waals surface area contributed by atoms with Crippen LogP contribution in [0.3, 0.4) is 0 Å². The fourth-order valence-electron chi connectivity index (χ4n) is 1.95. The molecule has 3 rings (SSSR count). The number of nitrogens with zero attached hydrogens (tertiary/aromatic N) is 1. The molecule has 0 unspecified atom stereocenters. The Labute approximate surface area is 113 Å². The lowest BCUT2D eigenvalue weighted by molar-refractivity contribution is 0.103. The number of oxazole rings is 1. The van der Waals surface area contributed by atoms with E-state index in [0.717, 1.165) is 0 Å². The minimum absolute atomic E-state index is 0.194. The molecular formula is C15H8N2O3. The molecule has 0 saturated carbocycles. The molecule has 96 valence electrons. The van der Waals surface area contributed by atoms with Crippen LogP contribution >= 0.6 is 0 Å². The summed E-state index contributed by atoms with van der Waals surface area (Å²) in [6, 6.07) is 13.1. The number of rotatable bonds is 2. The van der Waals surface area contributed by atoms with Gasteiger partial charge in [0.1, 0.15) is 0 Å². The molecule has 1 N–H and O–H groups in total. The van der Waals surface area contributed by atoms with Gasteiger partial charge in [-0.05, 0) is 42.5 Å².